The minimum absolute atomic E-state index is 0.204. The summed E-state index contributed by atoms with van der Waals surface area (Å²) >= 11 is 6.24. The van der Waals surface area contributed by atoms with E-state index >= 15 is 0 Å². The zero-order valence-electron chi connectivity index (χ0n) is 17.8. The summed E-state index contributed by atoms with van der Waals surface area (Å²) in [5.41, 5.74) is 6.83. The number of hydrogen-bond donors (Lipinski definition) is 2. The monoisotopic (exact) mass is 420 g/mol. The number of rotatable bonds is 6. The predicted molar refractivity (Wildman–Crippen MR) is 119 cm³/mol. The van der Waals surface area contributed by atoms with Crippen molar-refractivity contribution < 1.29 is 4.74 Å². The molecule has 158 valence electrons. The van der Waals surface area contributed by atoms with Gasteiger partial charge in [-0.15, -0.1) is 9.97 Å². The van der Waals surface area contributed by atoms with E-state index in [4.69, 9.17) is 27.1 Å². The first-order valence-electron chi connectivity index (χ1n) is 9.91. The quantitative estimate of drug-likeness (QED) is 0.693. The van der Waals surface area contributed by atoms with Crippen LogP contribution in [0.5, 0.6) is 5.75 Å². The lowest BCUT2D eigenvalue weighted by molar-refractivity contribution is 0.116. The van der Waals surface area contributed by atoms with Crippen molar-refractivity contribution in [2.24, 2.45) is 0 Å². The number of anilines is 3. The van der Waals surface area contributed by atoms with E-state index in [-0.39, 0.29) is 5.95 Å². The smallest absolute Gasteiger partial charge is 0.335 e. The molecule has 1 unspecified atom stereocenters. The number of nitrogens with two attached hydrogens (primary N) is 1. The maximum absolute atomic E-state index is 6.24. The summed E-state index contributed by atoms with van der Waals surface area (Å²) in [6.07, 6.45) is 2.18. The molecule has 0 saturated carbocycles. The average molecular weight is 421 g/mol. The lowest BCUT2D eigenvalue weighted by Gasteiger charge is -2.45. The Morgan fingerprint density at radius 3 is 2.52 bits per heavy atom. The number of nitrogens with one attached hydrogen (secondary N) is 1. The Hall–Kier alpha value is -2.16. The molecule has 1 aromatic carbocycles. The summed E-state index contributed by atoms with van der Waals surface area (Å²) in [7, 11) is 5.95. The van der Waals surface area contributed by atoms with Gasteiger partial charge in [0.15, 0.2) is 0 Å². The van der Waals surface area contributed by atoms with Crippen LogP contribution in [-0.4, -0.2) is 66.2 Å². The molecule has 0 spiro atoms. The van der Waals surface area contributed by atoms with Gasteiger partial charge in [0.05, 0.1) is 31.3 Å². The van der Waals surface area contributed by atoms with E-state index in [1.54, 1.807) is 19.2 Å². The second kappa shape index (κ2) is 8.69. The SMILES string of the molecule is COc1ccc(Nc2nc(N)nc([N+](C)(C(C)C)C3CCN(C)CC3)n2)cc1Cl. The van der Waals surface area contributed by atoms with E-state index in [2.05, 4.69) is 48.1 Å². The van der Waals surface area contributed by atoms with Crippen molar-refractivity contribution in [3.8, 4) is 5.75 Å². The average Bonchev–Trinajstić information content (AvgIpc) is 2.67. The molecule has 3 N–H and O–H groups in total. The number of aromatic nitrogens is 3. The predicted octanol–water partition coefficient (Wildman–Crippen LogP) is 3.30. The molecular formula is C20H31ClN7O+. The van der Waals surface area contributed by atoms with Gasteiger partial charge in [-0.1, -0.05) is 11.6 Å². The number of halogens is 1. The topological polar surface area (TPSA) is 89.2 Å². The molecular weight excluding hydrogens is 390 g/mol. The fourth-order valence-electron chi connectivity index (χ4n) is 3.87. The van der Waals surface area contributed by atoms with Gasteiger partial charge in [0.25, 0.3) is 0 Å². The largest absolute Gasteiger partial charge is 0.495 e. The van der Waals surface area contributed by atoms with Crippen LogP contribution in [0.1, 0.15) is 26.7 Å². The Morgan fingerprint density at radius 1 is 1.24 bits per heavy atom. The number of piperidine rings is 1. The molecule has 2 heterocycles. The molecule has 1 saturated heterocycles. The number of ether oxygens (including phenoxy) is 1. The first-order chi connectivity index (χ1) is 13.7. The highest BCUT2D eigenvalue weighted by Gasteiger charge is 2.42. The van der Waals surface area contributed by atoms with Crippen molar-refractivity contribution >= 4 is 35.1 Å². The molecule has 0 amide bonds. The number of nitrogens with zero attached hydrogens (tertiary/aromatic N) is 5. The fraction of sp³-hybridized carbons (Fsp3) is 0.550. The molecule has 9 heteroatoms. The first-order valence-corrected chi connectivity index (χ1v) is 10.3. The molecule has 0 bridgehead atoms. The third-order valence-corrected chi connectivity index (χ3v) is 6.29. The van der Waals surface area contributed by atoms with Crippen molar-refractivity contribution in [2.45, 2.75) is 38.8 Å². The van der Waals surface area contributed by atoms with Crippen LogP contribution in [0.3, 0.4) is 0 Å². The van der Waals surface area contributed by atoms with Crippen LogP contribution in [0.15, 0.2) is 18.2 Å². The van der Waals surface area contributed by atoms with Gasteiger partial charge in [0.1, 0.15) is 5.75 Å². The van der Waals surface area contributed by atoms with E-state index in [1.807, 2.05) is 6.07 Å². The number of benzene rings is 1. The molecule has 29 heavy (non-hydrogen) atoms. The summed E-state index contributed by atoms with van der Waals surface area (Å²) in [6, 6.07) is 6.15. The summed E-state index contributed by atoms with van der Waals surface area (Å²) in [6.45, 7) is 6.55. The van der Waals surface area contributed by atoms with E-state index in [1.165, 1.54) is 0 Å². The normalized spacial score (nSPS) is 17.9. The third-order valence-electron chi connectivity index (χ3n) is 6.00. The van der Waals surface area contributed by atoms with Gasteiger partial charge in [-0.25, -0.2) is 0 Å². The van der Waals surface area contributed by atoms with Gasteiger partial charge in [0.2, 0.25) is 11.9 Å². The second-order valence-electron chi connectivity index (χ2n) is 8.07. The van der Waals surface area contributed by atoms with Gasteiger partial charge < -0.3 is 20.7 Å². The Labute approximate surface area is 177 Å². The van der Waals surface area contributed by atoms with Gasteiger partial charge in [0, 0.05) is 31.6 Å². The van der Waals surface area contributed by atoms with Crippen LogP contribution < -0.4 is 20.3 Å². The molecule has 2 aromatic rings. The van der Waals surface area contributed by atoms with Crippen LogP contribution in [0.25, 0.3) is 0 Å². The maximum atomic E-state index is 6.24. The van der Waals surface area contributed by atoms with Gasteiger partial charge in [-0.2, -0.15) is 4.98 Å². The number of methoxy groups -OCH3 is 1. The molecule has 0 radical (unpaired) electrons. The van der Waals surface area contributed by atoms with E-state index in [0.717, 1.165) is 31.6 Å². The third kappa shape index (κ3) is 4.55. The second-order valence-corrected chi connectivity index (χ2v) is 8.47. The number of likely N-dealkylation sites (tertiary alicyclic amines) is 1. The van der Waals surface area contributed by atoms with Crippen molar-refractivity contribution in [3.63, 3.8) is 0 Å². The van der Waals surface area contributed by atoms with Gasteiger partial charge >= 0.3 is 5.95 Å². The molecule has 3 rings (SSSR count). The van der Waals surface area contributed by atoms with Crippen LogP contribution >= 0.6 is 11.6 Å². The first kappa shape index (κ1) is 21.5. The molecule has 1 aliphatic heterocycles. The van der Waals surface area contributed by atoms with Crippen molar-refractivity contribution in [1.29, 1.82) is 0 Å². The van der Waals surface area contributed by atoms with Crippen molar-refractivity contribution in [2.75, 3.05) is 45.3 Å². The summed E-state index contributed by atoms with van der Waals surface area (Å²) in [5, 5.41) is 3.71. The Bertz CT molecular complexity index is 855. The molecule has 1 aromatic heterocycles. The van der Waals surface area contributed by atoms with Crippen LogP contribution in [-0.2, 0) is 0 Å². The van der Waals surface area contributed by atoms with Crippen LogP contribution in [0, 0.1) is 0 Å². The maximum Gasteiger partial charge on any atom is 0.335 e. The Morgan fingerprint density at radius 2 is 1.93 bits per heavy atom. The fourth-order valence-corrected chi connectivity index (χ4v) is 4.13. The highest BCUT2D eigenvalue weighted by Crippen LogP contribution is 2.32. The zero-order chi connectivity index (χ0) is 21.2. The standard InChI is InChI=1S/C20H31ClN7O/c1-13(2)28(4,15-8-10-27(3)11-9-15)20-25-18(22)24-19(26-20)23-14-6-7-17(29-5)16(21)12-14/h6-7,12-13,15H,8-11H2,1-5H3,(H3,22,23,24,25,26)/q+1. The van der Waals surface area contributed by atoms with E-state index in [0.29, 0.717) is 39.2 Å². The minimum atomic E-state index is 0.204. The van der Waals surface area contributed by atoms with Gasteiger partial charge in [-0.3, -0.25) is 4.48 Å². The lowest BCUT2D eigenvalue weighted by atomic mass is 9.99. The Kier molecular flexibility index (Phi) is 6.45. The summed E-state index contributed by atoms with van der Waals surface area (Å²) < 4.78 is 5.83. The Balaban J connectivity index is 1.93. The number of hydrogen-bond acceptors (Lipinski definition) is 7. The summed E-state index contributed by atoms with van der Waals surface area (Å²) in [4.78, 5) is 15.9. The van der Waals surface area contributed by atoms with Crippen molar-refractivity contribution in [1.82, 2.24) is 24.3 Å². The molecule has 1 atom stereocenters. The van der Waals surface area contributed by atoms with Gasteiger partial charge in [-0.05, 0) is 39.1 Å². The highest BCUT2D eigenvalue weighted by molar-refractivity contribution is 6.32. The molecule has 1 fully saturated rings. The van der Waals surface area contributed by atoms with E-state index < -0.39 is 0 Å². The minimum Gasteiger partial charge on any atom is -0.495 e. The number of quaternary nitrogens is 1. The molecule has 8 nitrogen and oxygen atoms in total. The van der Waals surface area contributed by atoms with Crippen molar-refractivity contribution in [3.05, 3.63) is 23.2 Å². The van der Waals surface area contributed by atoms with E-state index in [9.17, 15) is 0 Å². The summed E-state index contributed by atoms with van der Waals surface area (Å²) in [5.74, 6) is 1.91. The number of nitrogen functional groups attached to an aromatic ring is 1. The lowest BCUT2D eigenvalue weighted by Crippen LogP contribution is -2.61. The highest BCUT2D eigenvalue weighted by atomic mass is 35.5. The zero-order valence-corrected chi connectivity index (χ0v) is 18.6. The molecule has 0 aliphatic carbocycles. The van der Waals surface area contributed by atoms with Crippen LogP contribution in [0.2, 0.25) is 5.02 Å². The molecule has 1 aliphatic rings. The van der Waals surface area contributed by atoms with Crippen LogP contribution in [0.4, 0.5) is 23.5 Å².